The number of benzene rings is 2. The van der Waals surface area contributed by atoms with Crippen molar-refractivity contribution in [1.29, 1.82) is 0 Å². The summed E-state index contributed by atoms with van der Waals surface area (Å²) >= 11 is 0. The SMILES string of the molecule is O[C@@H](c1ccccn1)c1cccc(F)c1N1CCN(Cc2ccc(C(F)(F)F)cc2)CC1. The minimum absolute atomic E-state index is 0.361. The number of pyridine rings is 1. The van der Waals surface area contributed by atoms with E-state index in [0.29, 0.717) is 49.7 Å². The number of aliphatic hydroxyl groups excluding tert-OH is 1. The van der Waals surface area contributed by atoms with Crippen LogP contribution < -0.4 is 4.90 Å². The van der Waals surface area contributed by atoms with Crippen LogP contribution in [0.2, 0.25) is 0 Å². The van der Waals surface area contributed by atoms with Crippen molar-refractivity contribution in [3.05, 3.63) is 95.1 Å². The second-order valence-corrected chi connectivity index (χ2v) is 7.79. The fraction of sp³-hybridized carbons (Fsp3) is 0.292. The Bertz CT molecular complexity index is 1030. The van der Waals surface area contributed by atoms with Crippen molar-refractivity contribution in [2.75, 3.05) is 31.1 Å². The Labute approximate surface area is 183 Å². The maximum atomic E-state index is 14.8. The average molecular weight is 445 g/mol. The second-order valence-electron chi connectivity index (χ2n) is 7.79. The Hall–Kier alpha value is -2.97. The third-order valence-corrected chi connectivity index (χ3v) is 5.66. The average Bonchev–Trinajstić information content (AvgIpc) is 2.79. The van der Waals surface area contributed by atoms with Crippen LogP contribution in [0, 0.1) is 5.82 Å². The molecule has 4 nitrogen and oxygen atoms in total. The minimum Gasteiger partial charge on any atom is -0.382 e. The molecule has 0 spiro atoms. The summed E-state index contributed by atoms with van der Waals surface area (Å²) in [6.07, 6.45) is -3.81. The lowest BCUT2D eigenvalue weighted by atomic mass is 10.0. The molecule has 8 heteroatoms. The number of anilines is 1. The molecule has 1 fully saturated rings. The first-order valence-electron chi connectivity index (χ1n) is 10.3. The maximum absolute atomic E-state index is 14.8. The maximum Gasteiger partial charge on any atom is 0.416 e. The first-order chi connectivity index (χ1) is 15.3. The van der Waals surface area contributed by atoms with E-state index in [2.05, 4.69) is 9.88 Å². The molecule has 0 unspecified atom stereocenters. The molecule has 0 saturated carbocycles. The number of nitrogens with zero attached hydrogens (tertiary/aromatic N) is 3. The second kappa shape index (κ2) is 9.26. The summed E-state index contributed by atoms with van der Waals surface area (Å²) in [5, 5.41) is 10.8. The van der Waals surface area contributed by atoms with E-state index < -0.39 is 23.7 Å². The molecular weight excluding hydrogens is 422 g/mol. The third-order valence-electron chi connectivity index (χ3n) is 5.66. The number of rotatable bonds is 5. The van der Waals surface area contributed by atoms with Crippen LogP contribution in [0.5, 0.6) is 0 Å². The van der Waals surface area contributed by atoms with E-state index in [0.717, 1.165) is 17.7 Å². The molecular formula is C24H23F4N3O. The molecule has 32 heavy (non-hydrogen) atoms. The lowest BCUT2D eigenvalue weighted by Gasteiger charge is -2.37. The van der Waals surface area contributed by atoms with E-state index in [9.17, 15) is 22.7 Å². The van der Waals surface area contributed by atoms with Gasteiger partial charge in [0.05, 0.1) is 16.9 Å². The molecule has 2 heterocycles. The van der Waals surface area contributed by atoms with Crippen LogP contribution in [0.1, 0.15) is 28.5 Å². The van der Waals surface area contributed by atoms with E-state index in [1.54, 1.807) is 36.5 Å². The number of piperazine rings is 1. The van der Waals surface area contributed by atoms with Crippen molar-refractivity contribution >= 4 is 5.69 Å². The highest BCUT2D eigenvalue weighted by Gasteiger charge is 2.30. The number of aromatic nitrogens is 1. The summed E-state index contributed by atoms with van der Waals surface area (Å²) in [5.74, 6) is -0.409. The zero-order valence-corrected chi connectivity index (χ0v) is 17.3. The van der Waals surface area contributed by atoms with Gasteiger partial charge in [0.25, 0.3) is 0 Å². The Morgan fingerprint density at radius 3 is 2.25 bits per heavy atom. The molecule has 1 aliphatic rings. The Morgan fingerprint density at radius 1 is 0.906 bits per heavy atom. The molecule has 3 aromatic rings. The summed E-state index contributed by atoms with van der Waals surface area (Å²) in [5.41, 5.74) is 1.40. The van der Waals surface area contributed by atoms with E-state index in [4.69, 9.17) is 0 Å². The van der Waals surface area contributed by atoms with Crippen LogP contribution in [0.3, 0.4) is 0 Å². The van der Waals surface area contributed by atoms with Crippen molar-refractivity contribution in [1.82, 2.24) is 9.88 Å². The van der Waals surface area contributed by atoms with Gasteiger partial charge >= 0.3 is 6.18 Å². The van der Waals surface area contributed by atoms with Crippen LogP contribution in [0.25, 0.3) is 0 Å². The smallest absolute Gasteiger partial charge is 0.382 e. The molecule has 0 bridgehead atoms. The molecule has 4 rings (SSSR count). The van der Waals surface area contributed by atoms with Gasteiger partial charge in [0.15, 0.2) is 0 Å². The molecule has 0 aliphatic carbocycles. The van der Waals surface area contributed by atoms with Crippen molar-refractivity contribution in [2.24, 2.45) is 0 Å². The van der Waals surface area contributed by atoms with Gasteiger partial charge in [-0.2, -0.15) is 13.2 Å². The number of hydrogen-bond donors (Lipinski definition) is 1. The van der Waals surface area contributed by atoms with Crippen LogP contribution in [0.15, 0.2) is 66.9 Å². The quantitative estimate of drug-likeness (QED) is 0.581. The fourth-order valence-electron chi connectivity index (χ4n) is 3.97. The predicted octanol–water partition coefficient (Wildman–Crippen LogP) is 4.64. The van der Waals surface area contributed by atoms with Crippen LogP contribution in [-0.4, -0.2) is 41.2 Å². The van der Waals surface area contributed by atoms with E-state index in [-0.39, 0.29) is 0 Å². The largest absolute Gasteiger partial charge is 0.416 e. The van der Waals surface area contributed by atoms with Gasteiger partial charge in [0.1, 0.15) is 11.9 Å². The summed E-state index contributed by atoms with van der Waals surface area (Å²) in [6, 6.07) is 15.0. The normalized spacial score (nSPS) is 16.2. The van der Waals surface area contributed by atoms with E-state index in [1.165, 1.54) is 18.2 Å². The topological polar surface area (TPSA) is 39.6 Å². The molecule has 0 radical (unpaired) electrons. The van der Waals surface area contributed by atoms with Crippen LogP contribution >= 0.6 is 0 Å². The molecule has 2 aromatic carbocycles. The van der Waals surface area contributed by atoms with Gasteiger partial charge in [-0.15, -0.1) is 0 Å². The Morgan fingerprint density at radius 2 is 1.62 bits per heavy atom. The van der Waals surface area contributed by atoms with E-state index >= 15 is 0 Å². The van der Waals surface area contributed by atoms with E-state index in [1.807, 2.05) is 4.90 Å². The molecule has 1 saturated heterocycles. The molecule has 1 aromatic heterocycles. The summed E-state index contributed by atoms with van der Waals surface area (Å²) in [4.78, 5) is 8.20. The van der Waals surface area contributed by atoms with Crippen molar-refractivity contribution < 1.29 is 22.7 Å². The van der Waals surface area contributed by atoms with Gasteiger partial charge in [-0.3, -0.25) is 9.88 Å². The van der Waals surface area contributed by atoms with Gasteiger partial charge in [0.2, 0.25) is 0 Å². The van der Waals surface area contributed by atoms with Gasteiger partial charge in [0, 0.05) is 44.5 Å². The highest BCUT2D eigenvalue weighted by molar-refractivity contribution is 5.57. The third kappa shape index (κ3) is 4.92. The lowest BCUT2D eigenvalue weighted by Crippen LogP contribution is -2.46. The fourth-order valence-corrected chi connectivity index (χ4v) is 3.97. The standard InChI is InChI=1S/C24H23F4N3O/c25-20-5-3-4-19(23(32)21-6-1-2-11-29-21)22(20)31-14-12-30(13-15-31)16-17-7-9-18(10-8-17)24(26,27)28/h1-11,23,32H,12-16H2/t23-/m1/s1. The van der Waals surface area contributed by atoms with Gasteiger partial charge in [-0.1, -0.05) is 30.3 Å². The summed E-state index contributed by atoms with van der Waals surface area (Å²) in [6.45, 7) is 2.82. The molecule has 0 amide bonds. The molecule has 1 aliphatic heterocycles. The summed E-state index contributed by atoms with van der Waals surface area (Å²) in [7, 11) is 0. The minimum atomic E-state index is -4.35. The zero-order chi connectivity index (χ0) is 22.7. The first-order valence-corrected chi connectivity index (χ1v) is 10.3. The predicted molar refractivity (Wildman–Crippen MR) is 114 cm³/mol. The van der Waals surface area contributed by atoms with Gasteiger partial charge in [-0.05, 0) is 35.9 Å². The Balaban J connectivity index is 1.44. The lowest BCUT2D eigenvalue weighted by molar-refractivity contribution is -0.137. The van der Waals surface area contributed by atoms with Crippen molar-refractivity contribution in [2.45, 2.75) is 18.8 Å². The van der Waals surface area contributed by atoms with Crippen molar-refractivity contribution in [3.63, 3.8) is 0 Å². The molecule has 168 valence electrons. The number of hydrogen-bond acceptors (Lipinski definition) is 4. The van der Waals surface area contributed by atoms with Gasteiger partial charge < -0.3 is 10.0 Å². The monoisotopic (exact) mass is 445 g/mol. The summed E-state index contributed by atoms with van der Waals surface area (Å²) < 4.78 is 53.0. The number of halogens is 4. The van der Waals surface area contributed by atoms with Crippen molar-refractivity contribution in [3.8, 4) is 0 Å². The Kier molecular flexibility index (Phi) is 6.43. The first kappa shape index (κ1) is 22.2. The highest BCUT2D eigenvalue weighted by atomic mass is 19.4. The highest BCUT2D eigenvalue weighted by Crippen LogP contribution is 2.33. The number of alkyl halides is 3. The molecule has 1 atom stereocenters. The zero-order valence-electron chi connectivity index (χ0n) is 17.3. The van der Waals surface area contributed by atoms with Crippen LogP contribution in [0.4, 0.5) is 23.2 Å². The number of para-hydroxylation sites is 1. The van der Waals surface area contributed by atoms with Gasteiger partial charge in [-0.25, -0.2) is 4.39 Å². The van der Waals surface area contributed by atoms with Crippen LogP contribution in [-0.2, 0) is 12.7 Å². The number of aliphatic hydroxyl groups is 1. The molecule has 1 N–H and O–H groups in total.